The molecule has 0 radical (unpaired) electrons. The molecule has 23 nitrogen and oxygen atoms in total. The van der Waals surface area contributed by atoms with Crippen molar-refractivity contribution in [1.82, 2.24) is 10.5 Å². The monoisotopic (exact) mass is 1430 g/mol. The van der Waals surface area contributed by atoms with Crippen LogP contribution in [0.2, 0.25) is 0 Å². The lowest BCUT2D eigenvalue weighted by molar-refractivity contribution is -0.267. The number of allylic oxidation sites excluding steroid dienone is 2. The second kappa shape index (κ2) is 34.7. The molecule has 0 aromatic heterocycles. The van der Waals surface area contributed by atoms with Gasteiger partial charge >= 0.3 is 23.9 Å². The number of ether oxygens (including phenoxy) is 4. The first kappa shape index (κ1) is 81.1. The Hall–Kier alpha value is -3.98. The number of imide groups is 1. The maximum Gasteiger partial charge on any atom is 0.333 e. The van der Waals surface area contributed by atoms with Gasteiger partial charge in [0.05, 0.1) is 44.9 Å². The molecule has 101 heavy (non-hydrogen) atoms. The minimum absolute atomic E-state index is 0.0461. The fourth-order valence-electron chi connectivity index (χ4n) is 21.7. The molecule has 23 heteroatoms. The van der Waals surface area contributed by atoms with Crippen LogP contribution in [0.15, 0.2) is 23.3 Å². The molecule has 26 atom stereocenters. The zero-order chi connectivity index (χ0) is 73.6. The third-order valence-corrected chi connectivity index (χ3v) is 27.5. The van der Waals surface area contributed by atoms with Gasteiger partial charge in [-0.3, -0.25) is 24.0 Å². The molecule has 3 aliphatic heterocycles. The summed E-state index contributed by atoms with van der Waals surface area (Å²) < 4.78 is 21.4. The summed E-state index contributed by atoms with van der Waals surface area (Å²) in [6, 6.07) is -2.36. The average Bonchev–Trinajstić information content (AvgIpc) is 1.69. The van der Waals surface area contributed by atoms with Crippen LogP contribution in [0, 0.1) is 92.7 Å². The number of hydroxylamine groups is 3. The summed E-state index contributed by atoms with van der Waals surface area (Å²) in [4.78, 5) is 82.8. The van der Waals surface area contributed by atoms with E-state index in [9.17, 15) is 59.4 Å². The highest BCUT2D eigenvalue weighted by Crippen LogP contribution is 2.69. The molecule has 11 aliphatic rings. The number of carbonyl (C=O) groups excluding carboxylic acids is 6. The van der Waals surface area contributed by atoms with Gasteiger partial charge in [-0.25, -0.2) is 4.79 Å². The Labute approximate surface area is 599 Å². The van der Waals surface area contributed by atoms with Crippen molar-refractivity contribution in [2.45, 2.75) is 323 Å². The van der Waals surface area contributed by atoms with Crippen LogP contribution in [0.25, 0.3) is 0 Å². The summed E-state index contributed by atoms with van der Waals surface area (Å²) in [6.45, 7) is 23.6. The summed E-state index contributed by atoms with van der Waals surface area (Å²) in [6.07, 6.45) is 19.8. The molecule has 9 fully saturated rings. The number of nitrogens with zero attached hydrogens (tertiary/aromatic N) is 1. The number of fused-ring (bicyclic) bond motifs is 10. The number of aliphatic hydroxyl groups is 8. The fourth-order valence-corrected chi connectivity index (χ4v) is 21.7. The minimum Gasteiger partial charge on any atom is -0.462 e. The van der Waals surface area contributed by atoms with E-state index < -0.39 is 110 Å². The van der Waals surface area contributed by atoms with Gasteiger partial charge in [-0.15, -0.1) is 10.5 Å². The van der Waals surface area contributed by atoms with Crippen LogP contribution >= 0.6 is 0 Å². The van der Waals surface area contributed by atoms with Crippen LogP contribution in [-0.4, -0.2) is 168 Å². The molecule has 0 bridgehead atoms. The number of esters is 2. The Kier molecular flexibility index (Phi) is 27.9. The lowest BCUT2D eigenvalue weighted by Crippen LogP contribution is -2.63. The van der Waals surface area contributed by atoms with Crippen molar-refractivity contribution >= 4 is 35.7 Å². The predicted octanol–water partition coefficient (Wildman–Crippen LogP) is 8.64. The van der Waals surface area contributed by atoms with Gasteiger partial charge < -0.3 is 75.2 Å². The molecular formula is C78H127N3O20. The zero-order valence-electron chi connectivity index (χ0n) is 62.2. The molecule has 574 valence electrons. The largest absolute Gasteiger partial charge is 0.462 e. The quantitative estimate of drug-likeness (QED) is 0.0150. The minimum atomic E-state index is -1.62. The molecular weight excluding hydrogens is 1300 g/mol. The van der Waals surface area contributed by atoms with Crippen molar-refractivity contribution in [3.05, 3.63) is 23.3 Å². The third kappa shape index (κ3) is 18.2. The zero-order valence-corrected chi connectivity index (χ0v) is 62.2. The Bertz CT molecular complexity index is 2870. The second-order valence-corrected chi connectivity index (χ2v) is 34.5. The van der Waals surface area contributed by atoms with E-state index in [1.807, 2.05) is 0 Å². The van der Waals surface area contributed by atoms with E-state index in [1.54, 1.807) is 0 Å². The number of carbonyl (C=O) groups is 6. The molecule has 0 aromatic rings. The van der Waals surface area contributed by atoms with Gasteiger partial charge in [-0.1, -0.05) is 131 Å². The molecule has 11 N–H and O–H groups in total. The van der Waals surface area contributed by atoms with Gasteiger partial charge in [-0.05, 0) is 183 Å². The van der Waals surface area contributed by atoms with Crippen LogP contribution in [0.1, 0.15) is 249 Å². The van der Waals surface area contributed by atoms with Crippen LogP contribution in [-0.2, 0) is 57.4 Å². The third-order valence-electron chi connectivity index (χ3n) is 27.5. The van der Waals surface area contributed by atoms with E-state index in [1.165, 1.54) is 101 Å². The standard InChI is InChI=1S/C37H61NO9.C35H53NO6.C6H13NO5/c1-21(2)7-6-8-22(3)26-11-12-27-25-10-9-23-19-24(15-17-36(23,4)28(25)16-18-37(26,27)5)45-30(40)13-14-31(41)47-38-32-34(43)33(42)29(20-39)46-35(32)44;1-22(2)7-6-8-23(3)27-11-12-28-26-10-9-24-21-25(17-19-34(24,4)29(26)18-20-35(27,28)5)41-32(39)15-16-33(40)42-36-30(37)13-14-31(36)38;7-3-5(10)4(9)2(1-8)12-6(3)11/h9,21-22,24-29,32-35,38-39,42-44H,6-8,10-20H2,1-5H3;9,22-23,25-29H,6-8,10-21H2,1-5H3;2-6,8-11H,1,7H2. The highest BCUT2D eigenvalue weighted by Gasteiger charge is 2.61. The van der Waals surface area contributed by atoms with Crippen LogP contribution in [0.5, 0.6) is 0 Å². The van der Waals surface area contributed by atoms with Gasteiger partial charge in [0.25, 0.3) is 11.8 Å². The number of hydrogen-bond donors (Lipinski definition) is 10. The van der Waals surface area contributed by atoms with Gasteiger partial charge in [0.1, 0.15) is 54.9 Å². The highest BCUT2D eigenvalue weighted by molar-refractivity contribution is 6.01. The molecule has 6 saturated carbocycles. The second-order valence-electron chi connectivity index (χ2n) is 34.5. The molecule has 3 heterocycles. The number of rotatable bonds is 23. The van der Waals surface area contributed by atoms with Crippen molar-refractivity contribution in [1.29, 1.82) is 0 Å². The highest BCUT2D eigenvalue weighted by atomic mass is 16.7. The van der Waals surface area contributed by atoms with Gasteiger partial charge in [-0.2, -0.15) is 0 Å². The summed E-state index contributed by atoms with van der Waals surface area (Å²) in [5, 5.41) is 76.0. The summed E-state index contributed by atoms with van der Waals surface area (Å²) in [5.74, 6) is 5.98. The maximum atomic E-state index is 12.7. The van der Waals surface area contributed by atoms with Gasteiger partial charge in [0, 0.05) is 25.7 Å². The molecule has 26 unspecified atom stereocenters. The summed E-state index contributed by atoms with van der Waals surface area (Å²) >= 11 is 0. The lowest BCUT2D eigenvalue weighted by Gasteiger charge is -2.58. The molecule has 0 aromatic carbocycles. The first-order valence-corrected chi connectivity index (χ1v) is 38.9. The first-order chi connectivity index (χ1) is 47.8. The molecule has 11 rings (SSSR count). The Morgan fingerprint density at radius 1 is 0.545 bits per heavy atom. The summed E-state index contributed by atoms with van der Waals surface area (Å²) in [5.41, 5.74) is 11.7. The van der Waals surface area contributed by atoms with Crippen molar-refractivity contribution in [3.8, 4) is 0 Å². The van der Waals surface area contributed by atoms with Crippen LogP contribution in [0.4, 0.5) is 0 Å². The topological polar surface area (TPSA) is 361 Å². The normalized spacial score (nSPS) is 40.7. The van der Waals surface area contributed by atoms with Gasteiger partial charge in [0.2, 0.25) is 0 Å². The van der Waals surface area contributed by atoms with Crippen molar-refractivity contribution in [2.24, 2.45) is 98.4 Å². The Morgan fingerprint density at radius 3 is 1.42 bits per heavy atom. The van der Waals surface area contributed by atoms with Crippen molar-refractivity contribution in [2.75, 3.05) is 13.2 Å². The van der Waals surface area contributed by atoms with E-state index in [0.29, 0.717) is 27.7 Å². The first-order valence-electron chi connectivity index (χ1n) is 38.9. The molecule has 0 spiro atoms. The number of nitrogens with one attached hydrogen (secondary N) is 1. The Morgan fingerprint density at radius 2 is 0.970 bits per heavy atom. The molecule has 8 aliphatic carbocycles. The van der Waals surface area contributed by atoms with E-state index in [0.717, 1.165) is 111 Å². The number of nitrogens with two attached hydrogens (primary N) is 1. The van der Waals surface area contributed by atoms with Gasteiger partial charge in [0.15, 0.2) is 12.6 Å². The van der Waals surface area contributed by atoms with Crippen LogP contribution in [0.3, 0.4) is 0 Å². The maximum absolute atomic E-state index is 12.7. The smallest absolute Gasteiger partial charge is 0.333 e. The lowest BCUT2D eigenvalue weighted by atomic mass is 9.47. The summed E-state index contributed by atoms with van der Waals surface area (Å²) in [7, 11) is 0. The molecule has 2 amide bonds. The van der Waals surface area contributed by atoms with Crippen molar-refractivity contribution < 1.29 is 98.2 Å². The van der Waals surface area contributed by atoms with Crippen molar-refractivity contribution in [3.63, 3.8) is 0 Å². The Balaban J connectivity index is 0.000000203. The number of aliphatic hydroxyl groups excluding tert-OH is 8. The van der Waals surface area contributed by atoms with E-state index >= 15 is 0 Å². The number of hydrogen-bond acceptors (Lipinski definition) is 22. The van der Waals surface area contributed by atoms with E-state index in [4.69, 9.17) is 44.6 Å². The number of amides is 2. The average molecular weight is 1430 g/mol. The fraction of sp³-hybridized carbons (Fsp3) is 0.872. The van der Waals surface area contributed by atoms with Crippen LogP contribution < -0.4 is 11.2 Å². The predicted molar refractivity (Wildman–Crippen MR) is 372 cm³/mol. The SMILES string of the molecule is CC(C)CCCC(C)C1CCC2C3CC=C4CC(OC(=O)CCC(=O)ON5C(=O)CCC5=O)CCC4(C)C3CCC12C.CC(C)CCCC(C)C1CCC2C3CC=C4CC(OC(=O)CCC(=O)ONC5C(O)OC(CO)C(O)C5O)CCC4(C)C3CCC12C.NC1C(O)OC(CO)C(O)C1O. The van der Waals surface area contributed by atoms with E-state index in [2.05, 4.69) is 86.9 Å². The molecule has 3 saturated heterocycles. The van der Waals surface area contributed by atoms with E-state index in [-0.39, 0.29) is 61.6 Å².